The van der Waals surface area contributed by atoms with Gasteiger partial charge >= 0.3 is 0 Å². The molecule has 1 aliphatic rings. The normalized spacial score (nSPS) is 18.5. The Bertz CT molecular complexity index is 1280. The van der Waals surface area contributed by atoms with Gasteiger partial charge in [0.1, 0.15) is 6.10 Å². The number of aliphatic hydroxyl groups excluding tert-OH is 1. The summed E-state index contributed by atoms with van der Waals surface area (Å²) in [6.45, 7) is 6.96. The average Bonchev–Trinajstić information content (AvgIpc) is 3.35. The van der Waals surface area contributed by atoms with E-state index in [1.165, 1.54) is 82.1 Å². The van der Waals surface area contributed by atoms with Gasteiger partial charge in [-0.1, -0.05) is 114 Å². The number of hydrogen-bond acceptors (Lipinski definition) is 8. The highest BCUT2D eigenvalue weighted by Crippen LogP contribution is 2.34. The highest BCUT2D eigenvalue weighted by molar-refractivity contribution is 7.89. The van der Waals surface area contributed by atoms with Crippen molar-refractivity contribution in [1.29, 1.82) is 0 Å². The van der Waals surface area contributed by atoms with Gasteiger partial charge in [-0.3, -0.25) is 15.0 Å². The topological polar surface area (TPSA) is 131 Å². The van der Waals surface area contributed by atoms with Crippen molar-refractivity contribution in [2.75, 3.05) is 19.7 Å². The van der Waals surface area contributed by atoms with Crippen molar-refractivity contribution in [3.63, 3.8) is 0 Å². The summed E-state index contributed by atoms with van der Waals surface area (Å²) in [4.78, 5) is 12.5. The molecule has 264 valence electrons. The minimum atomic E-state index is -4.08. The zero-order valence-electron chi connectivity index (χ0n) is 28.6. The minimum Gasteiger partial charge on any atom is -0.395 e. The van der Waals surface area contributed by atoms with Crippen LogP contribution >= 0.6 is 0 Å². The number of nitro groups is 1. The summed E-state index contributed by atoms with van der Waals surface area (Å²) in [5.74, 6) is -0.898. The molecule has 1 aliphatic heterocycles. The van der Waals surface area contributed by atoms with Crippen LogP contribution in [0, 0.1) is 10.1 Å². The molecule has 0 amide bonds. The Hall–Kier alpha value is -2.41. The fourth-order valence-electron chi connectivity index (χ4n) is 6.33. The second kappa shape index (κ2) is 20.2. The van der Waals surface area contributed by atoms with Crippen LogP contribution in [0.3, 0.4) is 0 Å². The van der Waals surface area contributed by atoms with Crippen LogP contribution < -0.4 is 4.72 Å². The van der Waals surface area contributed by atoms with Gasteiger partial charge in [0.15, 0.2) is 5.79 Å². The Morgan fingerprint density at radius 2 is 1.47 bits per heavy atom. The zero-order chi connectivity index (χ0) is 34.1. The Morgan fingerprint density at radius 1 is 0.894 bits per heavy atom. The number of ether oxygens (including phenoxy) is 2. The van der Waals surface area contributed by atoms with Crippen molar-refractivity contribution in [2.45, 2.75) is 140 Å². The first-order chi connectivity index (χ1) is 22.5. The van der Waals surface area contributed by atoms with Crippen LogP contribution in [0.25, 0.3) is 0 Å². The molecule has 2 aromatic rings. The number of sulfonamides is 1. The maximum atomic E-state index is 13.7. The summed E-state index contributed by atoms with van der Waals surface area (Å²) >= 11 is 0. The standard InChI is InChI=1S/C36H57N3O7S/c1-4-5-6-7-8-9-10-11-12-13-14-18-21-34-35(46-36(2,3)45-34)33(29-38(26-27-40)28-30-19-16-15-17-20-30)37-47(43,44)32-24-22-31(23-25-32)39(41)42/h15-17,19-20,22-25,33-35,37,40H,4-14,18,21,26-29H2,1-3H3/t33-,34+,35-/m0/s1. The molecule has 2 N–H and O–H groups in total. The molecule has 0 saturated carbocycles. The van der Waals surface area contributed by atoms with Crippen LogP contribution in [0.2, 0.25) is 0 Å². The number of nitrogens with one attached hydrogen (secondary N) is 1. The Kier molecular flexibility index (Phi) is 16.8. The van der Waals surface area contributed by atoms with E-state index in [1.54, 1.807) is 0 Å². The highest BCUT2D eigenvalue weighted by Gasteiger charge is 2.46. The second-order valence-corrected chi connectivity index (χ2v) is 15.0. The lowest BCUT2D eigenvalue weighted by Gasteiger charge is -2.32. The molecule has 1 heterocycles. The van der Waals surface area contributed by atoms with E-state index in [1.807, 2.05) is 49.1 Å². The average molecular weight is 676 g/mol. The SMILES string of the molecule is CCCCCCCCCCCCCC[C@H]1OC(C)(C)O[C@H]1[C@H](CN(CCO)Cc1ccccc1)NS(=O)(=O)c1ccc([N+](=O)[O-])cc1. The Balaban J connectivity index is 1.68. The third-order valence-corrected chi connectivity index (χ3v) is 10.3. The van der Waals surface area contributed by atoms with E-state index in [4.69, 9.17) is 9.47 Å². The molecular formula is C36H57N3O7S. The van der Waals surface area contributed by atoms with Gasteiger partial charge in [-0.25, -0.2) is 13.1 Å². The number of hydrogen-bond donors (Lipinski definition) is 2. The number of unbranched alkanes of at least 4 members (excludes halogenated alkanes) is 11. The first-order valence-electron chi connectivity index (χ1n) is 17.5. The van der Waals surface area contributed by atoms with Gasteiger partial charge in [-0.05, 0) is 38.0 Å². The van der Waals surface area contributed by atoms with Crippen LogP contribution in [0.15, 0.2) is 59.5 Å². The third-order valence-electron chi connectivity index (χ3n) is 8.74. The predicted octanol–water partition coefficient (Wildman–Crippen LogP) is 7.35. The van der Waals surface area contributed by atoms with E-state index in [0.717, 1.165) is 31.2 Å². The summed E-state index contributed by atoms with van der Waals surface area (Å²) in [5.41, 5.74) is 0.851. The van der Waals surface area contributed by atoms with Crippen LogP contribution in [0.5, 0.6) is 0 Å². The lowest BCUT2D eigenvalue weighted by molar-refractivity contribution is -0.384. The molecule has 3 atom stereocenters. The van der Waals surface area contributed by atoms with Crippen molar-refractivity contribution in [3.05, 3.63) is 70.3 Å². The Morgan fingerprint density at radius 3 is 2.02 bits per heavy atom. The second-order valence-electron chi connectivity index (χ2n) is 13.2. The van der Waals surface area contributed by atoms with Crippen molar-refractivity contribution < 1.29 is 27.9 Å². The molecule has 3 rings (SSSR count). The third kappa shape index (κ3) is 13.9. The van der Waals surface area contributed by atoms with Gasteiger partial charge in [0.2, 0.25) is 10.0 Å². The molecule has 0 bridgehead atoms. The monoisotopic (exact) mass is 675 g/mol. The van der Waals surface area contributed by atoms with Crippen molar-refractivity contribution in [3.8, 4) is 0 Å². The van der Waals surface area contributed by atoms with Gasteiger partial charge < -0.3 is 14.6 Å². The first-order valence-corrected chi connectivity index (χ1v) is 19.0. The van der Waals surface area contributed by atoms with Gasteiger partial charge in [0.05, 0.1) is 28.6 Å². The van der Waals surface area contributed by atoms with E-state index in [0.29, 0.717) is 13.1 Å². The summed E-state index contributed by atoms with van der Waals surface area (Å²) < 4.78 is 43.0. The molecule has 2 aromatic carbocycles. The summed E-state index contributed by atoms with van der Waals surface area (Å²) in [6, 6.07) is 14.0. The van der Waals surface area contributed by atoms with Gasteiger partial charge in [-0.2, -0.15) is 0 Å². The number of rotatable bonds is 24. The number of non-ortho nitro benzene ring substituents is 1. The fraction of sp³-hybridized carbons (Fsp3) is 0.667. The predicted molar refractivity (Wildman–Crippen MR) is 186 cm³/mol. The molecule has 10 nitrogen and oxygen atoms in total. The van der Waals surface area contributed by atoms with Crippen LogP contribution in [-0.2, 0) is 26.0 Å². The number of nitrogens with zero attached hydrogens (tertiary/aromatic N) is 2. The van der Waals surface area contributed by atoms with E-state index in [-0.39, 0.29) is 29.8 Å². The van der Waals surface area contributed by atoms with Gasteiger partial charge in [-0.15, -0.1) is 0 Å². The minimum absolute atomic E-state index is 0.0689. The van der Waals surface area contributed by atoms with E-state index in [9.17, 15) is 23.6 Å². The van der Waals surface area contributed by atoms with Gasteiger partial charge in [0.25, 0.3) is 5.69 Å². The highest BCUT2D eigenvalue weighted by atomic mass is 32.2. The zero-order valence-corrected chi connectivity index (χ0v) is 29.5. The van der Waals surface area contributed by atoms with Crippen LogP contribution in [-0.4, -0.2) is 67.1 Å². The quantitative estimate of drug-likeness (QED) is 0.0671. The van der Waals surface area contributed by atoms with E-state index >= 15 is 0 Å². The fourth-order valence-corrected chi connectivity index (χ4v) is 7.57. The molecule has 1 fully saturated rings. The molecule has 11 heteroatoms. The molecule has 0 spiro atoms. The van der Waals surface area contributed by atoms with E-state index in [2.05, 4.69) is 11.6 Å². The van der Waals surface area contributed by atoms with Crippen molar-refractivity contribution >= 4 is 15.7 Å². The molecule has 0 radical (unpaired) electrons. The largest absolute Gasteiger partial charge is 0.395 e. The molecular weight excluding hydrogens is 618 g/mol. The lowest BCUT2D eigenvalue weighted by Crippen LogP contribution is -2.53. The summed E-state index contributed by atoms with van der Waals surface area (Å²) in [5, 5.41) is 21.1. The maximum Gasteiger partial charge on any atom is 0.269 e. The van der Waals surface area contributed by atoms with Gasteiger partial charge in [0, 0.05) is 31.8 Å². The van der Waals surface area contributed by atoms with Crippen LogP contribution in [0.4, 0.5) is 5.69 Å². The lowest BCUT2D eigenvalue weighted by atomic mass is 9.99. The maximum absolute atomic E-state index is 13.7. The van der Waals surface area contributed by atoms with Crippen molar-refractivity contribution in [2.24, 2.45) is 0 Å². The molecule has 0 unspecified atom stereocenters. The van der Waals surface area contributed by atoms with Crippen molar-refractivity contribution in [1.82, 2.24) is 9.62 Å². The molecule has 47 heavy (non-hydrogen) atoms. The number of nitro benzene ring substituents is 1. The molecule has 0 aliphatic carbocycles. The number of benzene rings is 2. The van der Waals surface area contributed by atoms with E-state index < -0.39 is 32.9 Å². The smallest absolute Gasteiger partial charge is 0.269 e. The molecule has 1 saturated heterocycles. The summed E-state index contributed by atoms with van der Waals surface area (Å²) in [7, 11) is -4.08. The number of aliphatic hydroxyl groups is 1. The summed E-state index contributed by atoms with van der Waals surface area (Å²) in [6.07, 6.45) is 14.8. The first kappa shape index (κ1) is 39.0. The molecule has 0 aromatic heterocycles. The Labute approximate surface area is 282 Å². The van der Waals surface area contributed by atoms with Crippen LogP contribution in [0.1, 0.15) is 110 Å².